The van der Waals surface area contributed by atoms with E-state index >= 15 is 0 Å². The molecule has 1 aromatic heterocycles. The summed E-state index contributed by atoms with van der Waals surface area (Å²) >= 11 is 0. The Morgan fingerprint density at radius 1 is 1.55 bits per heavy atom. The SMILES string of the molecule is O=C(CO)c1cncc(O)c1. The first-order valence-corrected chi connectivity index (χ1v) is 3.02. The van der Waals surface area contributed by atoms with Crippen LogP contribution in [-0.2, 0) is 0 Å². The molecule has 58 valence electrons. The Kier molecular flexibility index (Phi) is 2.18. The Morgan fingerprint density at radius 2 is 2.27 bits per heavy atom. The van der Waals surface area contributed by atoms with E-state index in [1.807, 2.05) is 0 Å². The highest BCUT2D eigenvalue weighted by molar-refractivity contribution is 5.96. The van der Waals surface area contributed by atoms with Crippen LogP contribution in [0.15, 0.2) is 18.5 Å². The molecule has 1 aromatic rings. The molecule has 0 radical (unpaired) electrons. The van der Waals surface area contributed by atoms with Gasteiger partial charge in [0.05, 0.1) is 6.20 Å². The molecule has 0 saturated heterocycles. The average molecular weight is 153 g/mol. The van der Waals surface area contributed by atoms with Gasteiger partial charge in [-0.05, 0) is 6.07 Å². The molecule has 0 saturated carbocycles. The highest BCUT2D eigenvalue weighted by atomic mass is 16.3. The van der Waals surface area contributed by atoms with Gasteiger partial charge in [-0.15, -0.1) is 0 Å². The second kappa shape index (κ2) is 3.12. The van der Waals surface area contributed by atoms with Crippen molar-refractivity contribution in [3.63, 3.8) is 0 Å². The van der Waals surface area contributed by atoms with Crippen molar-refractivity contribution in [1.29, 1.82) is 0 Å². The van der Waals surface area contributed by atoms with Crippen molar-refractivity contribution in [3.8, 4) is 5.75 Å². The summed E-state index contributed by atoms with van der Waals surface area (Å²) in [6, 6.07) is 1.26. The summed E-state index contributed by atoms with van der Waals surface area (Å²) in [7, 11) is 0. The van der Waals surface area contributed by atoms with Gasteiger partial charge in [0.25, 0.3) is 0 Å². The summed E-state index contributed by atoms with van der Waals surface area (Å²) in [6.07, 6.45) is 2.51. The third-order valence-electron chi connectivity index (χ3n) is 1.19. The van der Waals surface area contributed by atoms with E-state index < -0.39 is 12.4 Å². The molecule has 1 heterocycles. The van der Waals surface area contributed by atoms with E-state index in [1.165, 1.54) is 18.5 Å². The summed E-state index contributed by atoms with van der Waals surface area (Å²) in [4.78, 5) is 14.3. The number of hydrogen-bond acceptors (Lipinski definition) is 4. The molecule has 0 aliphatic carbocycles. The minimum absolute atomic E-state index is 0.0794. The number of aliphatic hydroxyl groups is 1. The fourth-order valence-corrected chi connectivity index (χ4v) is 0.672. The monoisotopic (exact) mass is 153 g/mol. The molecule has 11 heavy (non-hydrogen) atoms. The molecule has 1 rings (SSSR count). The number of carbonyl (C=O) groups is 1. The third-order valence-corrected chi connectivity index (χ3v) is 1.19. The van der Waals surface area contributed by atoms with Crippen molar-refractivity contribution in [2.75, 3.05) is 6.61 Å². The molecule has 0 unspecified atom stereocenters. The third kappa shape index (κ3) is 1.75. The summed E-state index contributed by atoms with van der Waals surface area (Å²) in [5.74, 6) is -0.530. The average Bonchev–Trinajstić information content (AvgIpc) is 2.03. The lowest BCUT2D eigenvalue weighted by Crippen LogP contribution is -2.04. The van der Waals surface area contributed by atoms with Crippen LogP contribution in [0.3, 0.4) is 0 Å². The second-order valence-corrected chi connectivity index (χ2v) is 2.01. The quantitative estimate of drug-likeness (QED) is 0.585. The molecular weight excluding hydrogens is 146 g/mol. The van der Waals surface area contributed by atoms with Crippen molar-refractivity contribution in [1.82, 2.24) is 4.98 Å². The van der Waals surface area contributed by atoms with Gasteiger partial charge in [-0.25, -0.2) is 0 Å². The zero-order chi connectivity index (χ0) is 8.27. The fraction of sp³-hybridized carbons (Fsp3) is 0.143. The van der Waals surface area contributed by atoms with Gasteiger partial charge in [-0.2, -0.15) is 0 Å². The molecule has 0 aliphatic heterocycles. The number of aromatic hydroxyl groups is 1. The predicted molar refractivity (Wildman–Crippen MR) is 37.3 cm³/mol. The highest BCUT2D eigenvalue weighted by Crippen LogP contribution is 2.08. The van der Waals surface area contributed by atoms with Crippen molar-refractivity contribution >= 4 is 5.78 Å². The van der Waals surface area contributed by atoms with Crippen molar-refractivity contribution < 1.29 is 15.0 Å². The lowest BCUT2D eigenvalue weighted by atomic mass is 10.2. The molecule has 4 nitrogen and oxygen atoms in total. The Balaban J connectivity index is 2.96. The van der Waals surface area contributed by atoms with Gasteiger partial charge < -0.3 is 10.2 Å². The van der Waals surface area contributed by atoms with Gasteiger partial charge in [-0.1, -0.05) is 0 Å². The van der Waals surface area contributed by atoms with E-state index in [4.69, 9.17) is 10.2 Å². The van der Waals surface area contributed by atoms with Gasteiger partial charge in [0.2, 0.25) is 0 Å². The van der Waals surface area contributed by atoms with Crippen LogP contribution in [0.5, 0.6) is 5.75 Å². The Hall–Kier alpha value is -1.42. The van der Waals surface area contributed by atoms with E-state index in [2.05, 4.69) is 4.98 Å². The number of pyridine rings is 1. The van der Waals surface area contributed by atoms with Gasteiger partial charge in [0.1, 0.15) is 12.4 Å². The minimum Gasteiger partial charge on any atom is -0.506 e. The van der Waals surface area contributed by atoms with Crippen LogP contribution < -0.4 is 0 Å². The number of aromatic nitrogens is 1. The standard InChI is InChI=1S/C7H7NO3/c9-4-7(11)5-1-6(10)3-8-2-5/h1-3,9-10H,4H2. The maximum absolute atomic E-state index is 10.8. The van der Waals surface area contributed by atoms with Crippen LogP contribution in [0.1, 0.15) is 10.4 Å². The second-order valence-electron chi connectivity index (χ2n) is 2.01. The molecule has 0 spiro atoms. The molecule has 0 fully saturated rings. The van der Waals surface area contributed by atoms with E-state index in [-0.39, 0.29) is 11.3 Å². The van der Waals surface area contributed by atoms with E-state index in [9.17, 15) is 4.79 Å². The first-order valence-electron chi connectivity index (χ1n) is 3.02. The predicted octanol–water partition coefficient (Wildman–Crippen LogP) is -0.0378. The molecular formula is C7H7NO3. The van der Waals surface area contributed by atoms with E-state index in [0.29, 0.717) is 0 Å². The number of aliphatic hydroxyl groups excluding tert-OH is 1. The normalized spacial score (nSPS) is 9.55. The number of rotatable bonds is 2. The maximum atomic E-state index is 10.8. The van der Waals surface area contributed by atoms with Crippen LogP contribution in [0, 0.1) is 0 Å². The van der Waals surface area contributed by atoms with Crippen molar-refractivity contribution in [3.05, 3.63) is 24.0 Å². The molecule has 0 bridgehead atoms. The van der Waals surface area contributed by atoms with Crippen LogP contribution in [0.25, 0.3) is 0 Å². The summed E-state index contributed by atoms with van der Waals surface area (Å²) in [5, 5.41) is 17.3. The smallest absolute Gasteiger partial charge is 0.189 e. The lowest BCUT2D eigenvalue weighted by Gasteiger charge is -1.95. The zero-order valence-electron chi connectivity index (χ0n) is 5.69. The van der Waals surface area contributed by atoms with Crippen LogP contribution >= 0.6 is 0 Å². The molecule has 0 amide bonds. The molecule has 0 atom stereocenters. The van der Waals surface area contributed by atoms with Crippen LogP contribution in [0.2, 0.25) is 0 Å². The Morgan fingerprint density at radius 3 is 2.82 bits per heavy atom. The fourth-order valence-electron chi connectivity index (χ4n) is 0.672. The number of nitrogens with zero attached hydrogens (tertiary/aromatic N) is 1. The van der Waals surface area contributed by atoms with Gasteiger partial charge in [-0.3, -0.25) is 9.78 Å². The Bertz CT molecular complexity index is 272. The van der Waals surface area contributed by atoms with Gasteiger partial charge in [0.15, 0.2) is 5.78 Å². The van der Waals surface area contributed by atoms with E-state index in [1.54, 1.807) is 0 Å². The molecule has 4 heteroatoms. The highest BCUT2D eigenvalue weighted by Gasteiger charge is 2.03. The molecule has 2 N–H and O–H groups in total. The number of hydrogen-bond donors (Lipinski definition) is 2. The summed E-state index contributed by atoms with van der Waals surface area (Å²) in [5.41, 5.74) is 0.215. The van der Waals surface area contributed by atoms with Crippen LogP contribution in [-0.4, -0.2) is 27.6 Å². The molecule has 0 aliphatic rings. The first-order chi connectivity index (χ1) is 5.24. The van der Waals surface area contributed by atoms with E-state index in [0.717, 1.165) is 0 Å². The van der Waals surface area contributed by atoms with Gasteiger partial charge in [0, 0.05) is 11.8 Å². The topological polar surface area (TPSA) is 70.4 Å². The zero-order valence-corrected chi connectivity index (χ0v) is 5.69. The van der Waals surface area contributed by atoms with Crippen molar-refractivity contribution in [2.45, 2.75) is 0 Å². The van der Waals surface area contributed by atoms with Gasteiger partial charge >= 0.3 is 0 Å². The summed E-state index contributed by atoms with van der Waals surface area (Å²) in [6.45, 7) is -0.564. The minimum atomic E-state index is -0.564. The summed E-state index contributed by atoms with van der Waals surface area (Å²) < 4.78 is 0. The van der Waals surface area contributed by atoms with Crippen molar-refractivity contribution in [2.24, 2.45) is 0 Å². The van der Waals surface area contributed by atoms with Crippen LogP contribution in [0.4, 0.5) is 0 Å². The first kappa shape index (κ1) is 7.68. The largest absolute Gasteiger partial charge is 0.506 e. The number of Topliss-reactive ketones (excluding diaryl/α,β-unsaturated/α-hetero) is 1. The lowest BCUT2D eigenvalue weighted by molar-refractivity contribution is 0.0903. The number of ketones is 1. The number of carbonyl (C=O) groups excluding carboxylic acids is 1. The Labute approximate surface area is 63.1 Å². The maximum Gasteiger partial charge on any atom is 0.189 e. The molecule has 0 aromatic carbocycles.